The number of hydrogen-bond donors (Lipinski definition) is 2. The molecule has 1 aromatic rings. The Kier molecular flexibility index (Phi) is 7.03. The van der Waals surface area contributed by atoms with Crippen LogP contribution >= 0.6 is 0 Å². The van der Waals surface area contributed by atoms with Gasteiger partial charge >= 0.3 is 0 Å². The summed E-state index contributed by atoms with van der Waals surface area (Å²) in [5.41, 5.74) is 1.23. The molecule has 0 aliphatic carbocycles. The number of amides is 1. The molecule has 2 N–H and O–H groups in total. The van der Waals surface area contributed by atoms with Gasteiger partial charge in [-0.2, -0.15) is 0 Å². The Hall–Kier alpha value is -1.42. The van der Waals surface area contributed by atoms with Gasteiger partial charge < -0.3 is 10.6 Å². The highest BCUT2D eigenvalue weighted by Gasteiger charge is 2.07. The molecule has 1 heterocycles. The van der Waals surface area contributed by atoms with Crippen molar-refractivity contribution in [3.63, 3.8) is 0 Å². The van der Waals surface area contributed by atoms with Crippen LogP contribution < -0.4 is 10.6 Å². The van der Waals surface area contributed by atoms with Crippen LogP contribution in [0.3, 0.4) is 0 Å². The first-order chi connectivity index (χ1) is 8.76. The van der Waals surface area contributed by atoms with E-state index in [4.69, 9.17) is 0 Å². The number of carbonyl (C=O) groups is 1. The van der Waals surface area contributed by atoms with E-state index in [1.807, 2.05) is 12.1 Å². The highest BCUT2D eigenvalue weighted by Crippen LogP contribution is 1.96. The molecule has 4 heteroatoms. The summed E-state index contributed by atoms with van der Waals surface area (Å²) in [6, 6.07) is 4.29. The highest BCUT2D eigenvalue weighted by molar-refractivity contribution is 5.78. The Balaban J connectivity index is 2.12. The van der Waals surface area contributed by atoms with E-state index >= 15 is 0 Å². The Bertz CT molecular complexity index is 336. The maximum Gasteiger partial charge on any atom is 0.234 e. The van der Waals surface area contributed by atoms with E-state index in [0.717, 1.165) is 25.8 Å². The minimum absolute atomic E-state index is 0.0819. The third-order valence-corrected chi connectivity index (χ3v) is 2.98. The first-order valence-electron chi connectivity index (χ1n) is 6.65. The van der Waals surface area contributed by atoms with Crippen molar-refractivity contribution >= 4 is 5.91 Å². The molecule has 1 amide bonds. The number of hydrogen-bond acceptors (Lipinski definition) is 3. The maximum absolute atomic E-state index is 11.6. The zero-order valence-electron chi connectivity index (χ0n) is 11.3. The van der Waals surface area contributed by atoms with Gasteiger partial charge in [-0.1, -0.05) is 13.8 Å². The molecule has 1 rings (SSSR count). The molecule has 0 unspecified atom stereocenters. The van der Waals surface area contributed by atoms with Crippen LogP contribution in [-0.4, -0.2) is 30.0 Å². The lowest BCUT2D eigenvalue weighted by molar-refractivity contribution is -0.121. The second-order valence-electron chi connectivity index (χ2n) is 4.36. The molecule has 100 valence electrons. The van der Waals surface area contributed by atoms with Crippen LogP contribution in [0.1, 0.15) is 32.3 Å². The minimum atomic E-state index is 0.0819. The zero-order chi connectivity index (χ0) is 13.2. The highest BCUT2D eigenvalue weighted by atomic mass is 16.1. The van der Waals surface area contributed by atoms with Crippen LogP contribution in [0.4, 0.5) is 0 Å². The van der Waals surface area contributed by atoms with E-state index in [1.165, 1.54) is 5.56 Å². The fraction of sp³-hybridized carbons (Fsp3) is 0.571. The maximum atomic E-state index is 11.6. The van der Waals surface area contributed by atoms with Crippen LogP contribution in [0.5, 0.6) is 0 Å². The summed E-state index contributed by atoms with van der Waals surface area (Å²) >= 11 is 0. The first kappa shape index (κ1) is 14.6. The lowest BCUT2D eigenvalue weighted by Crippen LogP contribution is -2.40. The van der Waals surface area contributed by atoms with Gasteiger partial charge in [-0.15, -0.1) is 0 Å². The zero-order valence-corrected chi connectivity index (χ0v) is 11.3. The first-order valence-corrected chi connectivity index (χ1v) is 6.65. The molecule has 1 aromatic heterocycles. The molecule has 0 atom stereocenters. The molecule has 0 aromatic carbocycles. The summed E-state index contributed by atoms with van der Waals surface area (Å²) in [5.74, 6) is 0.0819. The standard InChI is InChI=1S/C14H23N3O/c1-3-13(4-2)17-14(18)11-16-10-7-12-5-8-15-9-6-12/h5-6,8-9,13,16H,3-4,7,10-11H2,1-2H3,(H,17,18). The fourth-order valence-corrected chi connectivity index (χ4v) is 1.76. The smallest absolute Gasteiger partial charge is 0.234 e. The van der Waals surface area contributed by atoms with Gasteiger partial charge in [-0.3, -0.25) is 9.78 Å². The van der Waals surface area contributed by atoms with Crippen molar-refractivity contribution in [1.29, 1.82) is 0 Å². The Morgan fingerprint density at radius 1 is 1.28 bits per heavy atom. The van der Waals surface area contributed by atoms with Gasteiger partial charge in [0.1, 0.15) is 0 Å². The quantitative estimate of drug-likeness (QED) is 0.687. The van der Waals surface area contributed by atoms with E-state index in [0.29, 0.717) is 12.6 Å². The van der Waals surface area contributed by atoms with Crippen molar-refractivity contribution in [2.75, 3.05) is 13.1 Å². The summed E-state index contributed by atoms with van der Waals surface area (Å²) in [5, 5.41) is 6.16. The molecule has 0 saturated carbocycles. The second-order valence-corrected chi connectivity index (χ2v) is 4.36. The number of rotatable bonds is 8. The molecule has 0 aliphatic rings. The van der Waals surface area contributed by atoms with E-state index < -0.39 is 0 Å². The molecule has 0 spiro atoms. The molecule has 0 saturated heterocycles. The van der Waals surface area contributed by atoms with Crippen molar-refractivity contribution in [2.45, 2.75) is 39.2 Å². The molecular weight excluding hydrogens is 226 g/mol. The van der Waals surface area contributed by atoms with Crippen molar-refractivity contribution in [3.8, 4) is 0 Å². The third kappa shape index (κ3) is 5.77. The minimum Gasteiger partial charge on any atom is -0.352 e. The van der Waals surface area contributed by atoms with Crippen LogP contribution in [0.2, 0.25) is 0 Å². The summed E-state index contributed by atoms with van der Waals surface area (Å²) in [6.45, 7) is 5.37. The molecule has 0 bridgehead atoms. The monoisotopic (exact) mass is 249 g/mol. The van der Waals surface area contributed by atoms with Gasteiger partial charge in [-0.05, 0) is 43.5 Å². The van der Waals surface area contributed by atoms with Crippen LogP contribution in [-0.2, 0) is 11.2 Å². The SMILES string of the molecule is CCC(CC)NC(=O)CNCCc1ccncc1. The molecule has 4 nitrogen and oxygen atoms in total. The molecule has 0 aliphatic heterocycles. The van der Waals surface area contributed by atoms with E-state index in [1.54, 1.807) is 12.4 Å². The fourth-order valence-electron chi connectivity index (χ4n) is 1.76. The Labute approximate surface area is 109 Å². The molecular formula is C14H23N3O. The second kappa shape index (κ2) is 8.64. The van der Waals surface area contributed by atoms with E-state index in [2.05, 4.69) is 29.5 Å². The lowest BCUT2D eigenvalue weighted by atomic mass is 10.2. The van der Waals surface area contributed by atoms with Crippen LogP contribution in [0, 0.1) is 0 Å². The molecule has 18 heavy (non-hydrogen) atoms. The lowest BCUT2D eigenvalue weighted by Gasteiger charge is -2.14. The number of aromatic nitrogens is 1. The van der Waals surface area contributed by atoms with Crippen molar-refractivity contribution in [2.24, 2.45) is 0 Å². The van der Waals surface area contributed by atoms with Gasteiger partial charge in [0.15, 0.2) is 0 Å². The molecule has 0 radical (unpaired) electrons. The van der Waals surface area contributed by atoms with Gasteiger partial charge in [-0.25, -0.2) is 0 Å². The summed E-state index contributed by atoms with van der Waals surface area (Å²) in [6.07, 6.45) is 6.46. The summed E-state index contributed by atoms with van der Waals surface area (Å²) in [4.78, 5) is 15.6. The predicted molar refractivity (Wildman–Crippen MR) is 73.3 cm³/mol. The molecule has 0 fully saturated rings. The van der Waals surface area contributed by atoms with Gasteiger partial charge in [0, 0.05) is 18.4 Å². The van der Waals surface area contributed by atoms with Gasteiger partial charge in [0.2, 0.25) is 5.91 Å². The van der Waals surface area contributed by atoms with E-state index in [9.17, 15) is 4.79 Å². The van der Waals surface area contributed by atoms with Gasteiger partial charge in [0.25, 0.3) is 0 Å². The van der Waals surface area contributed by atoms with Crippen LogP contribution in [0.25, 0.3) is 0 Å². The number of pyridine rings is 1. The van der Waals surface area contributed by atoms with Gasteiger partial charge in [0.05, 0.1) is 6.54 Å². The third-order valence-electron chi connectivity index (χ3n) is 2.98. The van der Waals surface area contributed by atoms with Crippen LogP contribution in [0.15, 0.2) is 24.5 Å². The van der Waals surface area contributed by atoms with E-state index in [-0.39, 0.29) is 5.91 Å². The average Bonchev–Trinajstić information content (AvgIpc) is 2.42. The number of nitrogens with one attached hydrogen (secondary N) is 2. The largest absolute Gasteiger partial charge is 0.352 e. The number of carbonyl (C=O) groups excluding carboxylic acids is 1. The summed E-state index contributed by atoms with van der Waals surface area (Å²) < 4.78 is 0. The Morgan fingerprint density at radius 2 is 1.94 bits per heavy atom. The topological polar surface area (TPSA) is 54.0 Å². The average molecular weight is 249 g/mol. The predicted octanol–water partition coefficient (Wildman–Crippen LogP) is 1.52. The van der Waals surface area contributed by atoms with Crippen molar-refractivity contribution < 1.29 is 4.79 Å². The van der Waals surface area contributed by atoms with Crippen molar-refractivity contribution in [1.82, 2.24) is 15.6 Å². The van der Waals surface area contributed by atoms with Crippen molar-refractivity contribution in [3.05, 3.63) is 30.1 Å². The number of nitrogens with zero attached hydrogens (tertiary/aromatic N) is 1. The normalized spacial score (nSPS) is 10.6. The Morgan fingerprint density at radius 3 is 2.56 bits per heavy atom. The summed E-state index contributed by atoms with van der Waals surface area (Å²) in [7, 11) is 0.